The van der Waals surface area contributed by atoms with E-state index in [0.29, 0.717) is 31.1 Å². The molecule has 0 bridgehead atoms. The molecule has 0 saturated carbocycles. The first-order valence-electron chi connectivity index (χ1n) is 6.27. The lowest BCUT2D eigenvalue weighted by atomic mass is 10.3. The smallest absolute Gasteiger partial charge is 0.406 e. The molecule has 0 atom stereocenters. The average Bonchev–Trinajstić information content (AvgIpc) is 2.35. The van der Waals surface area contributed by atoms with Crippen molar-refractivity contribution >= 4 is 12.0 Å². The third-order valence-electron chi connectivity index (χ3n) is 3.06. The number of amides is 2. The summed E-state index contributed by atoms with van der Waals surface area (Å²) in [6.45, 7) is 2.03. The summed E-state index contributed by atoms with van der Waals surface area (Å²) < 4.78 is 37.2. The van der Waals surface area contributed by atoms with Crippen LogP contribution in [0.2, 0.25) is 0 Å². The van der Waals surface area contributed by atoms with Crippen LogP contribution in [0.1, 0.15) is 6.92 Å². The molecule has 1 rings (SSSR count). The lowest BCUT2D eigenvalue weighted by Gasteiger charge is -2.36. The Bertz CT molecular complexity index is 355. The number of carbonyl (C=O) groups excluding carboxylic acids is 1. The molecule has 0 spiro atoms. The Morgan fingerprint density at radius 3 is 2.15 bits per heavy atom. The van der Waals surface area contributed by atoms with E-state index in [0.717, 1.165) is 6.54 Å². The lowest BCUT2D eigenvalue weighted by Crippen LogP contribution is -2.55. The first kappa shape index (κ1) is 16.5. The Labute approximate surface area is 114 Å². The number of likely N-dealkylation sites (N-methyl/N-ethyl adjacent to an activating group) is 1. The molecule has 0 aromatic heterocycles. The fourth-order valence-corrected chi connectivity index (χ4v) is 2.03. The van der Waals surface area contributed by atoms with Crippen LogP contribution in [-0.4, -0.2) is 83.8 Å². The standard InChI is InChI=1S/C11H18F3N3O3/c1-2-15-3-5-16(6-4-15)10(20)17(7-9(18)19)8-11(12,13)14/h2-8H2,1H3,(H,18,19). The summed E-state index contributed by atoms with van der Waals surface area (Å²) in [5.41, 5.74) is 0. The summed E-state index contributed by atoms with van der Waals surface area (Å²) in [6.07, 6.45) is -4.61. The Kier molecular flexibility index (Phi) is 5.61. The fraction of sp³-hybridized carbons (Fsp3) is 0.818. The number of piperazine rings is 1. The minimum atomic E-state index is -4.61. The number of halogens is 3. The number of nitrogens with zero attached hydrogens (tertiary/aromatic N) is 3. The highest BCUT2D eigenvalue weighted by Gasteiger charge is 2.36. The second kappa shape index (κ2) is 6.78. The van der Waals surface area contributed by atoms with Crippen LogP contribution in [0, 0.1) is 0 Å². The van der Waals surface area contributed by atoms with Crippen molar-refractivity contribution in [3.63, 3.8) is 0 Å². The van der Waals surface area contributed by atoms with Crippen molar-refractivity contribution in [2.45, 2.75) is 13.1 Å². The molecule has 1 aliphatic heterocycles. The second-order valence-electron chi connectivity index (χ2n) is 4.57. The summed E-state index contributed by atoms with van der Waals surface area (Å²) in [5, 5.41) is 8.62. The van der Waals surface area contributed by atoms with Gasteiger partial charge in [0, 0.05) is 26.2 Å². The molecule has 1 fully saturated rings. The highest BCUT2D eigenvalue weighted by atomic mass is 19.4. The van der Waals surface area contributed by atoms with E-state index < -0.39 is 31.3 Å². The zero-order valence-corrected chi connectivity index (χ0v) is 11.2. The summed E-state index contributed by atoms with van der Waals surface area (Å²) in [5.74, 6) is -1.46. The largest absolute Gasteiger partial charge is 0.480 e. The maximum atomic E-state index is 12.4. The van der Waals surface area contributed by atoms with Crippen LogP contribution in [0.15, 0.2) is 0 Å². The minimum absolute atomic E-state index is 0.306. The minimum Gasteiger partial charge on any atom is -0.480 e. The van der Waals surface area contributed by atoms with E-state index in [1.165, 1.54) is 4.90 Å². The van der Waals surface area contributed by atoms with Crippen molar-refractivity contribution in [2.24, 2.45) is 0 Å². The average molecular weight is 297 g/mol. The Hall–Kier alpha value is -1.51. The van der Waals surface area contributed by atoms with Gasteiger partial charge in [0.2, 0.25) is 0 Å². The molecule has 20 heavy (non-hydrogen) atoms. The van der Waals surface area contributed by atoms with E-state index in [9.17, 15) is 22.8 Å². The van der Waals surface area contributed by atoms with Crippen LogP contribution >= 0.6 is 0 Å². The van der Waals surface area contributed by atoms with Crippen LogP contribution in [0.3, 0.4) is 0 Å². The molecule has 1 N–H and O–H groups in total. The van der Waals surface area contributed by atoms with Crippen LogP contribution in [0.4, 0.5) is 18.0 Å². The molecule has 0 aliphatic carbocycles. The molecule has 116 valence electrons. The zero-order chi connectivity index (χ0) is 15.3. The molecular weight excluding hydrogens is 279 g/mol. The molecule has 1 saturated heterocycles. The van der Waals surface area contributed by atoms with Crippen molar-refractivity contribution in [1.82, 2.24) is 14.7 Å². The van der Waals surface area contributed by atoms with Gasteiger partial charge in [-0.3, -0.25) is 4.79 Å². The molecule has 0 radical (unpaired) electrons. The van der Waals surface area contributed by atoms with Crippen LogP contribution in [0.25, 0.3) is 0 Å². The summed E-state index contributed by atoms with van der Waals surface area (Å²) in [7, 11) is 0. The third-order valence-corrected chi connectivity index (χ3v) is 3.06. The first-order chi connectivity index (χ1) is 9.23. The number of carbonyl (C=O) groups is 2. The maximum absolute atomic E-state index is 12.4. The highest BCUT2D eigenvalue weighted by molar-refractivity contribution is 5.80. The topological polar surface area (TPSA) is 64.1 Å². The SMILES string of the molecule is CCN1CCN(C(=O)N(CC(=O)O)CC(F)(F)F)CC1. The molecule has 0 aromatic carbocycles. The molecule has 6 nitrogen and oxygen atoms in total. The molecule has 0 aromatic rings. The number of carboxylic acid groups (broad SMARTS) is 1. The van der Waals surface area contributed by atoms with Crippen molar-refractivity contribution in [3.8, 4) is 0 Å². The van der Waals surface area contributed by atoms with Crippen LogP contribution in [-0.2, 0) is 4.79 Å². The predicted octanol–water partition coefficient (Wildman–Crippen LogP) is 0.693. The van der Waals surface area contributed by atoms with E-state index in [-0.39, 0.29) is 0 Å². The van der Waals surface area contributed by atoms with Gasteiger partial charge in [-0.1, -0.05) is 6.92 Å². The maximum Gasteiger partial charge on any atom is 0.406 e. The van der Waals surface area contributed by atoms with E-state index in [1.807, 2.05) is 6.92 Å². The van der Waals surface area contributed by atoms with Gasteiger partial charge in [-0.25, -0.2) is 4.79 Å². The van der Waals surface area contributed by atoms with Gasteiger partial charge in [-0.05, 0) is 6.54 Å². The van der Waals surface area contributed by atoms with Crippen LogP contribution < -0.4 is 0 Å². The number of rotatable bonds is 4. The lowest BCUT2D eigenvalue weighted by molar-refractivity contribution is -0.149. The summed E-state index contributed by atoms with van der Waals surface area (Å²) in [4.78, 5) is 26.2. The Morgan fingerprint density at radius 1 is 1.20 bits per heavy atom. The molecular formula is C11H18F3N3O3. The van der Waals surface area contributed by atoms with Gasteiger partial charge in [-0.15, -0.1) is 0 Å². The number of alkyl halides is 3. The molecule has 2 amide bonds. The van der Waals surface area contributed by atoms with Gasteiger partial charge in [0.15, 0.2) is 0 Å². The van der Waals surface area contributed by atoms with Crippen molar-refractivity contribution in [2.75, 3.05) is 45.8 Å². The first-order valence-corrected chi connectivity index (χ1v) is 6.27. The number of urea groups is 1. The van der Waals surface area contributed by atoms with Crippen LogP contribution in [0.5, 0.6) is 0 Å². The van der Waals surface area contributed by atoms with E-state index >= 15 is 0 Å². The molecule has 1 aliphatic rings. The van der Waals surface area contributed by atoms with Gasteiger partial charge in [0.05, 0.1) is 0 Å². The van der Waals surface area contributed by atoms with Gasteiger partial charge in [0.25, 0.3) is 0 Å². The summed E-state index contributed by atoms with van der Waals surface area (Å²) >= 11 is 0. The number of aliphatic carboxylic acids is 1. The number of hydrogen-bond acceptors (Lipinski definition) is 3. The van der Waals surface area contributed by atoms with Gasteiger partial charge in [0.1, 0.15) is 13.1 Å². The monoisotopic (exact) mass is 297 g/mol. The van der Waals surface area contributed by atoms with E-state index in [1.54, 1.807) is 0 Å². The molecule has 1 heterocycles. The number of carboxylic acids is 1. The number of hydrogen-bond donors (Lipinski definition) is 1. The normalized spacial score (nSPS) is 17.1. The quantitative estimate of drug-likeness (QED) is 0.829. The van der Waals surface area contributed by atoms with Crippen molar-refractivity contribution in [3.05, 3.63) is 0 Å². The zero-order valence-electron chi connectivity index (χ0n) is 11.2. The second-order valence-corrected chi connectivity index (χ2v) is 4.57. The Balaban J connectivity index is 2.65. The van der Waals surface area contributed by atoms with Crippen molar-refractivity contribution < 1.29 is 27.9 Å². The fourth-order valence-electron chi connectivity index (χ4n) is 2.03. The van der Waals surface area contributed by atoms with Crippen molar-refractivity contribution in [1.29, 1.82) is 0 Å². The van der Waals surface area contributed by atoms with Gasteiger partial charge >= 0.3 is 18.2 Å². The van der Waals surface area contributed by atoms with E-state index in [4.69, 9.17) is 5.11 Å². The summed E-state index contributed by atoms with van der Waals surface area (Å²) in [6, 6.07) is -0.875. The van der Waals surface area contributed by atoms with Gasteiger partial charge in [-0.2, -0.15) is 13.2 Å². The Morgan fingerprint density at radius 2 is 1.75 bits per heavy atom. The highest BCUT2D eigenvalue weighted by Crippen LogP contribution is 2.18. The molecule has 0 unspecified atom stereocenters. The predicted molar refractivity (Wildman–Crippen MR) is 64.3 cm³/mol. The third kappa shape index (κ3) is 5.24. The van der Waals surface area contributed by atoms with E-state index in [2.05, 4.69) is 4.90 Å². The molecule has 9 heteroatoms. The van der Waals surface area contributed by atoms with Gasteiger partial charge < -0.3 is 19.8 Å².